The van der Waals surface area contributed by atoms with Crippen LogP contribution >= 0.6 is 0 Å². The van der Waals surface area contributed by atoms with Crippen LogP contribution in [-0.4, -0.2) is 29.7 Å². The lowest BCUT2D eigenvalue weighted by molar-refractivity contribution is -0.508. The van der Waals surface area contributed by atoms with Crippen LogP contribution in [0.25, 0.3) is 5.43 Å². The molecule has 0 saturated carbocycles. The summed E-state index contributed by atoms with van der Waals surface area (Å²) >= 11 is 0. The molecule has 7 rings (SSSR count). The first-order valence-corrected chi connectivity index (χ1v) is 13.8. The lowest BCUT2D eigenvalue weighted by atomic mass is 10.1. The van der Waals surface area contributed by atoms with Gasteiger partial charge in [-0.2, -0.15) is 0 Å². The molecule has 0 N–H and O–H groups in total. The first-order valence-electron chi connectivity index (χ1n) is 13.8. The summed E-state index contributed by atoms with van der Waals surface area (Å²) in [5.74, 6) is 1.21. The third-order valence-electron chi connectivity index (χ3n) is 6.99. The van der Waals surface area contributed by atoms with E-state index in [1.807, 2.05) is 111 Å². The molecule has 0 bridgehead atoms. The topological polar surface area (TPSA) is 63.9 Å². The Morgan fingerprint density at radius 1 is 0.548 bits per heavy atom. The summed E-state index contributed by atoms with van der Waals surface area (Å²) in [6.45, 7) is 0.995. The quantitative estimate of drug-likeness (QED) is 0.206. The van der Waals surface area contributed by atoms with E-state index in [1.54, 1.807) is 0 Å². The number of hydrazone groups is 2. The minimum absolute atomic E-state index is 0.497. The standard InChI is InChI=1S/C34H28N8/c1-5-16-29(17-6-1)39-25-40(30-18-7-2-8-19-30)36-33(35-39)27-14-13-15-28(24-27)34-37-41(31-20-9-3-10-21-31)26-42(38-34)32-22-11-4-12-23-32/h1-24H,25-26H2. The third kappa shape index (κ3) is 5.33. The highest BCUT2D eigenvalue weighted by molar-refractivity contribution is 6.12. The number of hydrogen-bond acceptors (Lipinski definition) is 6. The first kappa shape index (κ1) is 25.2. The summed E-state index contributed by atoms with van der Waals surface area (Å²) in [7, 11) is 0. The summed E-state index contributed by atoms with van der Waals surface area (Å²) in [4.78, 5) is 0. The van der Waals surface area contributed by atoms with Gasteiger partial charge in [-0.3, -0.25) is 0 Å². The Balaban J connectivity index is 1.28. The monoisotopic (exact) mass is 548 g/mol. The van der Waals surface area contributed by atoms with E-state index < -0.39 is 0 Å². The molecule has 0 atom stereocenters. The Hall–Kier alpha value is -5.76. The molecule has 2 aliphatic rings. The van der Waals surface area contributed by atoms with Crippen molar-refractivity contribution in [2.24, 2.45) is 15.3 Å². The zero-order valence-electron chi connectivity index (χ0n) is 22.8. The van der Waals surface area contributed by atoms with Gasteiger partial charge in [-0.15, -0.1) is 5.10 Å². The second-order valence-corrected chi connectivity index (χ2v) is 9.85. The molecule has 5 aromatic rings. The van der Waals surface area contributed by atoms with Crippen LogP contribution in [0.1, 0.15) is 11.1 Å². The van der Waals surface area contributed by atoms with E-state index in [0.717, 1.165) is 33.9 Å². The van der Waals surface area contributed by atoms with Crippen molar-refractivity contribution in [1.82, 2.24) is 0 Å². The van der Waals surface area contributed by atoms with Gasteiger partial charge in [0.15, 0.2) is 0 Å². The van der Waals surface area contributed by atoms with Gasteiger partial charge in [-0.1, -0.05) is 95.7 Å². The van der Waals surface area contributed by atoms with E-state index in [0.29, 0.717) is 25.0 Å². The average molecular weight is 549 g/mol. The minimum atomic E-state index is 0.497. The van der Waals surface area contributed by atoms with Crippen molar-refractivity contribution < 1.29 is 4.70 Å². The maximum absolute atomic E-state index is 4.96. The highest BCUT2D eigenvalue weighted by Crippen LogP contribution is 2.28. The van der Waals surface area contributed by atoms with Gasteiger partial charge in [0, 0.05) is 34.2 Å². The molecule has 0 fully saturated rings. The predicted molar refractivity (Wildman–Crippen MR) is 168 cm³/mol. The predicted octanol–water partition coefficient (Wildman–Crippen LogP) is 7.56. The fraction of sp³-hybridized carbons (Fsp3) is 0.0588. The van der Waals surface area contributed by atoms with E-state index in [9.17, 15) is 0 Å². The van der Waals surface area contributed by atoms with Gasteiger partial charge >= 0.3 is 0 Å². The summed E-state index contributed by atoms with van der Waals surface area (Å²) < 4.78 is 1.97. The van der Waals surface area contributed by atoms with E-state index in [4.69, 9.17) is 20.7 Å². The molecule has 0 saturated heterocycles. The Morgan fingerprint density at radius 3 is 1.79 bits per heavy atom. The molecule has 5 aromatic carbocycles. The summed E-state index contributed by atoms with van der Waals surface area (Å²) in [5.41, 5.74) is 10.7. The van der Waals surface area contributed by atoms with Gasteiger partial charge in [0.1, 0.15) is 0 Å². The van der Waals surface area contributed by atoms with Crippen LogP contribution < -0.4 is 15.0 Å². The molecule has 0 radical (unpaired) electrons. The second kappa shape index (κ2) is 11.4. The lowest BCUT2D eigenvalue weighted by Gasteiger charge is -2.45. The first-order chi connectivity index (χ1) is 20.8. The van der Waals surface area contributed by atoms with Gasteiger partial charge in [0.25, 0.3) is 6.67 Å². The smallest absolute Gasteiger partial charge is 0.269 e. The van der Waals surface area contributed by atoms with Crippen molar-refractivity contribution in [3.8, 4) is 0 Å². The van der Waals surface area contributed by atoms with Crippen LogP contribution in [0.2, 0.25) is 0 Å². The van der Waals surface area contributed by atoms with Gasteiger partial charge in [0.2, 0.25) is 11.5 Å². The number of amidine groups is 2. The van der Waals surface area contributed by atoms with Gasteiger partial charge in [-0.05, 0) is 53.9 Å². The summed E-state index contributed by atoms with van der Waals surface area (Å²) in [6.07, 6.45) is 0. The second-order valence-electron chi connectivity index (χ2n) is 9.85. The Labute approximate surface area is 244 Å². The summed E-state index contributed by atoms with van der Waals surface area (Å²) in [5, 5.41) is 20.8. The molecule has 2 aliphatic heterocycles. The number of hydrogen-bond donors (Lipinski definition) is 0. The number of rotatable bonds is 6. The molecule has 0 aliphatic carbocycles. The molecule has 2 heterocycles. The molecule has 204 valence electrons. The number of azo groups is 2. The number of anilines is 3. The number of para-hydroxylation sites is 4. The van der Waals surface area contributed by atoms with Crippen LogP contribution in [0.15, 0.2) is 161 Å². The maximum Gasteiger partial charge on any atom is 0.269 e. The number of benzene rings is 5. The Bertz CT molecular complexity index is 1750. The highest BCUT2D eigenvalue weighted by atomic mass is 15.7. The molecule has 0 aromatic heterocycles. The largest absolute Gasteiger partial charge is 0.371 e. The minimum Gasteiger partial charge on any atom is -0.371 e. The van der Waals surface area contributed by atoms with Crippen LogP contribution in [0.3, 0.4) is 0 Å². The van der Waals surface area contributed by atoms with Crippen molar-refractivity contribution in [2.75, 3.05) is 28.4 Å². The lowest BCUT2D eigenvalue weighted by Crippen LogP contribution is -2.39. The van der Waals surface area contributed by atoms with Crippen LogP contribution in [0.5, 0.6) is 0 Å². The van der Waals surface area contributed by atoms with E-state index in [1.165, 1.54) is 0 Å². The van der Waals surface area contributed by atoms with Crippen molar-refractivity contribution in [2.45, 2.75) is 0 Å². The molecule has 0 unspecified atom stereocenters. The van der Waals surface area contributed by atoms with E-state index >= 15 is 0 Å². The zero-order chi connectivity index (χ0) is 28.1. The molecule has 0 spiro atoms. The fourth-order valence-electron chi connectivity index (χ4n) is 4.86. The molecular formula is C34H28N8. The van der Waals surface area contributed by atoms with E-state index in [2.05, 4.69) is 54.6 Å². The number of nitrogens with zero attached hydrogens (tertiary/aromatic N) is 8. The highest BCUT2D eigenvalue weighted by Gasteiger charge is 2.26. The normalized spacial score (nSPS) is 15.0. The van der Waals surface area contributed by atoms with Gasteiger partial charge in [0.05, 0.1) is 12.4 Å². The maximum atomic E-state index is 4.96. The van der Waals surface area contributed by atoms with Crippen LogP contribution in [0.4, 0.5) is 22.7 Å². The van der Waals surface area contributed by atoms with Gasteiger partial charge < -0.3 is 20.5 Å². The molecule has 8 heteroatoms. The van der Waals surface area contributed by atoms with Crippen LogP contribution in [-0.2, 0) is 0 Å². The molecule has 8 nitrogen and oxygen atoms in total. The van der Waals surface area contributed by atoms with Crippen molar-refractivity contribution in [3.63, 3.8) is 0 Å². The van der Waals surface area contributed by atoms with Crippen molar-refractivity contribution in [1.29, 1.82) is 0 Å². The van der Waals surface area contributed by atoms with Gasteiger partial charge in [-0.25, -0.2) is 5.01 Å². The van der Waals surface area contributed by atoms with Crippen molar-refractivity contribution in [3.05, 3.63) is 162 Å². The zero-order valence-corrected chi connectivity index (χ0v) is 22.8. The molecule has 42 heavy (non-hydrogen) atoms. The SMILES string of the molecule is c1ccc(N2C[N+](c3ccccc3)=NC(c3cccc(C4=NN(c5ccccc5)CN(c5ccccc5)[N-]4)c3)=N2)cc1. The Morgan fingerprint density at radius 2 is 1.12 bits per heavy atom. The molecular weight excluding hydrogens is 520 g/mol. The third-order valence-corrected chi connectivity index (χ3v) is 6.99. The summed E-state index contributed by atoms with van der Waals surface area (Å²) in [6, 6.07) is 48.7. The fourth-order valence-corrected chi connectivity index (χ4v) is 4.86. The van der Waals surface area contributed by atoms with Crippen LogP contribution in [0, 0.1) is 0 Å². The van der Waals surface area contributed by atoms with Crippen molar-refractivity contribution >= 4 is 34.4 Å². The Kier molecular flexibility index (Phi) is 6.84. The average Bonchev–Trinajstić information content (AvgIpc) is 3.09. The van der Waals surface area contributed by atoms with E-state index in [-0.39, 0.29) is 0 Å². The molecule has 0 amide bonds.